The molecule has 0 atom stereocenters. The first-order valence-corrected chi connectivity index (χ1v) is 9.59. The molecule has 8 heteroatoms. The second kappa shape index (κ2) is 6.62. The summed E-state index contributed by atoms with van der Waals surface area (Å²) in [6.07, 6.45) is 1.85. The van der Waals surface area contributed by atoms with Crippen LogP contribution >= 0.6 is 11.3 Å². The van der Waals surface area contributed by atoms with Gasteiger partial charge >= 0.3 is 0 Å². The summed E-state index contributed by atoms with van der Waals surface area (Å²) in [6.45, 7) is 6.54. The number of aryl methyl sites for hydroxylation is 4. The molecule has 4 aromatic rings. The Kier molecular flexibility index (Phi) is 4.27. The van der Waals surface area contributed by atoms with Gasteiger partial charge in [0.1, 0.15) is 0 Å². The van der Waals surface area contributed by atoms with Crippen molar-refractivity contribution < 1.29 is 4.79 Å². The molecule has 138 valence electrons. The number of pyridine rings is 1. The van der Waals surface area contributed by atoms with E-state index in [1.54, 1.807) is 20.7 Å². The Morgan fingerprint density at radius 3 is 2.74 bits per heavy atom. The number of hydrogen-bond acceptors (Lipinski definition) is 5. The predicted octanol–water partition coefficient (Wildman–Crippen LogP) is 3.78. The smallest absolute Gasteiger partial charge is 0.256 e. The van der Waals surface area contributed by atoms with Crippen LogP contribution in [0.4, 0.5) is 5.69 Å². The lowest BCUT2D eigenvalue weighted by molar-refractivity contribution is 0.102. The fraction of sp³-hybridized carbons (Fsp3) is 0.263. The standard InChI is InChI=1S/C19H20N6OS/c1-5-25-10-15(11(2)23-25)21-19(26)13-9-14(16-7-6-8-27-16)20-18-17(13)12(3)22-24(18)4/h6-10H,5H2,1-4H3,(H,21,26). The number of nitrogens with one attached hydrogen (secondary N) is 1. The van der Waals surface area contributed by atoms with Gasteiger partial charge in [0.15, 0.2) is 5.65 Å². The number of carbonyl (C=O) groups is 1. The molecule has 0 aliphatic carbocycles. The summed E-state index contributed by atoms with van der Waals surface area (Å²) in [5, 5.41) is 14.6. The van der Waals surface area contributed by atoms with Gasteiger partial charge in [-0.2, -0.15) is 10.2 Å². The van der Waals surface area contributed by atoms with E-state index in [1.807, 2.05) is 57.6 Å². The highest BCUT2D eigenvalue weighted by Crippen LogP contribution is 2.30. The van der Waals surface area contributed by atoms with Crippen molar-refractivity contribution >= 4 is 34.0 Å². The quantitative estimate of drug-likeness (QED) is 0.584. The molecule has 0 bridgehead atoms. The van der Waals surface area contributed by atoms with E-state index in [1.165, 1.54) is 0 Å². The zero-order valence-electron chi connectivity index (χ0n) is 15.6. The molecule has 0 aliphatic rings. The third kappa shape index (κ3) is 3.02. The molecule has 0 aliphatic heterocycles. The van der Waals surface area contributed by atoms with Gasteiger partial charge in [-0.25, -0.2) is 4.98 Å². The van der Waals surface area contributed by atoms with E-state index in [2.05, 4.69) is 15.5 Å². The number of amides is 1. The van der Waals surface area contributed by atoms with E-state index in [9.17, 15) is 4.79 Å². The Bertz CT molecular complexity index is 1140. The Balaban J connectivity index is 1.83. The van der Waals surface area contributed by atoms with Crippen LogP contribution in [0.1, 0.15) is 28.7 Å². The number of hydrogen-bond donors (Lipinski definition) is 1. The molecule has 4 heterocycles. The molecule has 0 saturated heterocycles. The number of nitrogens with zero attached hydrogens (tertiary/aromatic N) is 5. The third-order valence-corrected chi connectivity index (χ3v) is 5.40. The minimum atomic E-state index is -0.185. The van der Waals surface area contributed by atoms with Gasteiger partial charge in [-0.15, -0.1) is 11.3 Å². The predicted molar refractivity (Wildman–Crippen MR) is 107 cm³/mol. The minimum absolute atomic E-state index is 0.185. The Morgan fingerprint density at radius 2 is 2.07 bits per heavy atom. The van der Waals surface area contributed by atoms with E-state index < -0.39 is 0 Å². The molecule has 0 spiro atoms. The first kappa shape index (κ1) is 17.4. The number of fused-ring (bicyclic) bond motifs is 1. The van der Waals surface area contributed by atoms with Crippen molar-refractivity contribution in [2.75, 3.05) is 5.32 Å². The molecule has 0 saturated carbocycles. The highest BCUT2D eigenvalue weighted by molar-refractivity contribution is 7.13. The Labute approximate surface area is 160 Å². The second-order valence-electron chi connectivity index (χ2n) is 6.38. The summed E-state index contributed by atoms with van der Waals surface area (Å²) in [5.74, 6) is -0.185. The summed E-state index contributed by atoms with van der Waals surface area (Å²) in [6, 6.07) is 5.82. The van der Waals surface area contributed by atoms with Crippen LogP contribution in [0.3, 0.4) is 0 Å². The summed E-state index contributed by atoms with van der Waals surface area (Å²) in [5.41, 5.74) is 4.32. The number of aromatic nitrogens is 5. The molecule has 1 N–H and O–H groups in total. The van der Waals surface area contributed by atoms with Gasteiger partial charge in [0.2, 0.25) is 0 Å². The SMILES string of the molecule is CCn1cc(NC(=O)c2cc(-c3cccs3)nc3c2c(C)nn3C)c(C)n1. The molecular formula is C19H20N6OS. The third-order valence-electron chi connectivity index (χ3n) is 4.51. The molecule has 0 unspecified atom stereocenters. The Hall–Kier alpha value is -3.00. The van der Waals surface area contributed by atoms with Crippen LogP contribution < -0.4 is 5.32 Å². The van der Waals surface area contributed by atoms with Crippen molar-refractivity contribution in [3.05, 3.63) is 46.7 Å². The van der Waals surface area contributed by atoms with Gasteiger partial charge in [-0.1, -0.05) is 6.07 Å². The average molecular weight is 380 g/mol. The first-order chi connectivity index (χ1) is 13.0. The van der Waals surface area contributed by atoms with Crippen molar-refractivity contribution in [1.82, 2.24) is 24.5 Å². The maximum atomic E-state index is 13.2. The summed E-state index contributed by atoms with van der Waals surface area (Å²) in [4.78, 5) is 18.9. The second-order valence-corrected chi connectivity index (χ2v) is 7.33. The number of thiophene rings is 1. The first-order valence-electron chi connectivity index (χ1n) is 8.71. The lowest BCUT2D eigenvalue weighted by Crippen LogP contribution is -2.13. The van der Waals surface area contributed by atoms with Crippen molar-refractivity contribution in [2.24, 2.45) is 7.05 Å². The average Bonchev–Trinajstić information content (AvgIpc) is 3.36. The van der Waals surface area contributed by atoms with Crippen LogP contribution in [-0.2, 0) is 13.6 Å². The summed E-state index contributed by atoms with van der Waals surface area (Å²) >= 11 is 1.59. The molecule has 0 aromatic carbocycles. The molecule has 4 aromatic heterocycles. The van der Waals surface area contributed by atoms with Crippen LogP contribution in [0.15, 0.2) is 29.8 Å². The van der Waals surface area contributed by atoms with Crippen molar-refractivity contribution in [2.45, 2.75) is 27.3 Å². The van der Waals surface area contributed by atoms with E-state index >= 15 is 0 Å². The highest BCUT2D eigenvalue weighted by atomic mass is 32.1. The molecule has 1 amide bonds. The maximum Gasteiger partial charge on any atom is 0.256 e. The fourth-order valence-corrected chi connectivity index (χ4v) is 3.85. The van der Waals surface area contributed by atoms with Crippen LogP contribution in [0.2, 0.25) is 0 Å². The zero-order chi connectivity index (χ0) is 19.1. The summed E-state index contributed by atoms with van der Waals surface area (Å²) < 4.78 is 3.53. The number of rotatable bonds is 4. The van der Waals surface area contributed by atoms with Gasteiger partial charge < -0.3 is 5.32 Å². The van der Waals surface area contributed by atoms with Crippen molar-refractivity contribution in [3.63, 3.8) is 0 Å². The van der Waals surface area contributed by atoms with Crippen LogP contribution in [0.5, 0.6) is 0 Å². The van der Waals surface area contributed by atoms with Gasteiger partial charge in [-0.3, -0.25) is 14.2 Å². The van der Waals surface area contributed by atoms with Crippen LogP contribution in [0, 0.1) is 13.8 Å². The van der Waals surface area contributed by atoms with E-state index in [4.69, 9.17) is 4.98 Å². The Morgan fingerprint density at radius 1 is 1.26 bits per heavy atom. The van der Waals surface area contributed by atoms with E-state index in [0.717, 1.165) is 33.9 Å². The van der Waals surface area contributed by atoms with Crippen molar-refractivity contribution in [3.8, 4) is 10.6 Å². The molecule has 0 fully saturated rings. The van der Waals surface area contributed by atoms with Crippen molar-refractivity contribution in [1.29, 1.82) is 0 Å². The minimum Gasteiger partial charge on any atom is -0.319 e. The molecule has 7 nitrogen and oxygen atoms in total. The zero-order valence-corrected chi connectivity index (χ0v) is 16.5. The maximum absolute atomic E-state index is 13.2. The normalized spacial score (nSPS) is 11.3. The highest BCUT2D eigenvalue weighted by Gasteiger charge is 2.20. The van der Waals surface area contributed by atoms with Crippen LogP contribution in [-0.4, -0.2) is 30.5 Å². The van der Waals surface area contributed by atoms with Gasteiger partial charge in [0, 0.05) is 19.8 Å². The molecule has 4 rings (SSSR count). The molecule has 0 radical (unpaired) electrons. The number of anilines is 1. The topological polar surface area (TPSA) is 77.6 Å². The molecular weight excluding hydrogens is 360 g/mol. The lowest BCUT2D eigenvalue weighted by Gasteiger charge is -2.08. The largest absolute Gasteiger partial charge is 0.319 e. The van der Waals surface area contributed by atoms with Gasteiger partial charge in [0.25, 0.3) is 5.91 Å². The monoisotopic (exact) mass is 380 g/mol. The lowest BCUT2D eigenvalue weighted by atomic mass is 10.1. The van der Waals surface area contributed by atoms with Crippen LogP contribution in [0.25, 0.3) is 21.6 Å². The van der Waals surface area contributed by atoms with E-state index in [-0.39, 0.29) is 5.91 Å². The fourth-order valence-electron chi connectivity index (χ4n) is 3.17. The van der Waals surface area contributed by atoms with E-state index in [0.29, 0.717) is 16.9 Å². The van der Waals surface area contributed by atoms with Gasteiger partial charge in [-0.05, 0) is 38.3 Å². The summed E-state index contributed by atoms with van der Waals surface area (Å²) in [7, 11) is 1.84. The van der Waals surface area contributed by atoms with Gasteiger partial charge in [0.05, 0.1) is 38.6 Å². The number of carbonyl (C=O) groups excluding carboxylic acids is 1. The molecule has 27 heavy (non-hydrogen) atoms.